The lowest BCUT2D eigenvalue weighted by molar-refractivity contribution is -0.137. The first kappa shape index (κ1) is 37.3. The Bertz CT molecular complexity index is 1480. The Morgan fingerprint density at radius 1 is 1.05 bits per heavy atom. The van der Waals surface area contributed by atoms with Crippen molar-refractivity contribution in [2.75, 3.05) is 27.7 Å². The topological polar surface area (TPSA) is 164 Å². The fourth-order valence-corrected chi connectivity index (χ4v) is 3.76. The second-order valence-corrected chi connectivity index (χ2v) is 8.85. The molecule has 0 amide bonds. The molecule has 10 nitrogen and oxygen atoms in total. The summed E-state index contributed by atoms with van der Waals surface area (Å²) in [5.41, 5.74) is 17.5. The Labute approximate surface area is 255 Å². The maximum Gasteiger partial charge on any atom is 0.416 e. The first-order valence-electron chi connectivity index (χ1n) is 13.5. The molecule has 0 atom stereocenters. The van der Waals surface area contributed by atoms with Crippen LogP contribution in [0.4, 0.5) is 13.2 Å². The first-order valence-corrected chi connectivity index (χ1v) is 13.5. The van der Waals surface area contributed by atoms with Gasteiger partial charge in [0.25, 0.3) is 0 Å². The lowest BCUT2D eigenvalue weighted by atomic mass is 10.1. The number of rotatable bonds is 9. The van der Waals surface area contributed by atoms with Gasteiger partial charge in [0.05, 0.1) is 30.3 Å². The number of aliphatic imine (C=N–C) groups is 1. The molecule has 44 heavy (non-hydrogen) atoms. The lowest BCUT2D eigenvalue weighted by Crippen LogP contribution is -2.22. The number of hydrogen-bond acceptors (Lipinski definition) is 7. The second kappa shape index (κ2) is 19.4. The molecule has 3 aromatic carbocycles. The predicted octanol–water partition coefficient (Wildman–Crippen LogP) is 4.39. The molecular weight excluding hydrogens is 575 g/mol. The van der Waals surface area contributed by atoms with Crippen molar-refractivity contribution in [3.63, 3.8) is 0 Å². The summed E-state index contributed by atoms with van der Waals surface area (Å²) in [5.74, 6) is 1.57. The molecule has 0 aliphatic rings. The number of nitrogens with zero attached hydrogens (tertiary/aromatic N) is 3. The Balaban J connectivity index is 0.000000373. The van der Waals surface area contributed by atoms with Crippen LogP contribution in [0.3, 0.4) is 0 Å². The van der Waals surface area contributed by atoms with E-state index >= 15 is 0 Å². The van der Waals surface area contributed by atoms with Gasteiger partial charge in [0, 0.05) is 24.2 Å². The highest BCUT2D eigenvalue weighted by molar-refractivity contribution is 5.87. The number of nitrogens with two attached hydrogens (primary N) is 3. The zero-order valence-corrected chi connectivity index (χ0v) is 25.3. The summed E-state index contributed by atoms with van der Waals surface area (Å²) in [6, 6.07) is 18.0. The van der Waals surface area contributed by atoms with Gasteiger partial charge in [-0.1, -0.05) is 37.3 Å². The van der Waals surface area contributed by atoms with Gasteiger partial charge in [-0.3, -0.25) is 9.79 Å². The van der Waals surface area contributed by atoms with Crippen molar-refractivity contribution in [1.29, 1.82) is 0 Å². The fraction of sp³-hybridized carbons (Fsp3) is 0.290. The van der Waals surface area contributed by atoms with E-state index in [2.05, 4.69) is 21.0 Å². The van der Waals surface area contributed by atoms with Gasteiger partial charge in [0.15, 0.2) is 5.96 Å². The minimum Gasteiger partial charge on any atom is -0.497 e. The number of carbonyl (C=O) groups excluding carboxylic acids is 2. The summed E-state index contributed by atoms with van der Waals surface area (Å²) in [6.45, 7) is 3.40. The van der Waals surface area contributed by atoms with Gasteiger partial charge in [-0.2, -0.15) is 13.2 Å². The number of imidazole rings is 1. The number of aldehydes is 2. The van der Waals surface area contributed by atoms with Crippen LogP contribution in [0, 0.1) is 0 Å². The van der Waals surface area contributed by atoms with Crippen LogP contribution in [0.25, 0.3) is 22.4 Å². The van der Waals surface area contributed by atoms with Crippen molar-refractivity contribution in [3.05, 3.63) is 83.4 Å². The highest BCUT2D eigenvalue weighted by atomic mass is 19.4. The Morgan fingerprint density at radius 2 is 1.75 bits per heavy atom. The molecule has 0 aliphatic heterocycles. The van der Waals surface area contributed by atoms with Crippen LogP contribution in [0.5, 0.6) is 5.75 Å². The van der Waals surface area contributed by atoms with Gasteiger partial charge in [-0.05, 0) is 62.5 Å². The van der Waals surface area contributed by atoms with E-state index < -0.39 is 11.7 Å². The third-order valence-corrected chi connectivity index (χ3v) is 5.65. The van der Waals surface area contributed by atoms with Crippen molar-refractivity contribution in [2.24, 2.45) is 22.2 Å². The standard InChI is InChI=1S/C17H14N2O3.C9H10F3N.C4H11N3.CH5N/c1-22-14-4-2-3-13(10-14)17-18-15-9-12(11-21)5-6-16(15)19(17)7-8-20;1-13-6-7-3-2-4-8(5-7)9(10,11)12;1-2-3-7-4(5)6;1-2/h2-6,8-11H,7H2,1H3;2-5,13H,6H2,1H3;2-3H2,1H3,(H4,5,6,7);2H2,1H3. The summed E-state index contributed by atoms with van der Waals surface area (Å²) in [5, 5.41) is 2.80. The lowest BCUT2D eigenvalue weighted by Gasteiger charge is -2.07. The number of alkyl halides is 3. The van der Waals surface area contributed by atoms with Crippen LogP contribution >= 0.6 is 0 Å². The van der Waals surface area contributed by atoms with Crippen molar-refractivity contribution in [2.45, 2.75) is 32.6 Å². The molecule has 0 saturated carbocycles. The first-order chi connectivity index (χ1) is 21.1. The van der Waals surface area contributed by atoms with Gasteiger partial charge >= 0.3 is 6.18 Å². The monoisotopic (exact) mass is 615 g/mol. The third kappa shape index (κ3) is 11.9. The van der Waals surface area contributed by atoms with Gasteiger partial charge < -0.3 is 36.6 Å². The van der Waals surface area contributed by atoms with E-state index in [4.69, 9.17) is 16.2 Å². The number of carbonyl (C=O) groups is 2. The van der Waals surface area contributed by atoms with Crippen LogP contribution in [-0.4, -0.2) is 55.8 Å². The SMILES string of the molecule is CCCN=C(N)N.CN.CNCc1cccc(C(F)(F)F)c1.COc1cccc(-c2nc3cc(C=O)ccc3n2CC=O)c1. The Morgan fingerprint density at radius 3 is 2.30 bits per heavy atom. The molecule has 7 N–H and O–H groups in total. The molecule has 0 saturated heterocycles. The molecule has 13 heteroatoms. The molecule has 0 bridgehead atoms. The highest BCUT2D eigenvalue weighted by Crippen LogP contribution is 2.30. The van der Waals surface area contributed by atoms with Crippen LogP contribution in [0.2, 0.25) is 0 Å². The highest BCUT2D eigenvalue weighted by Gasteiger charge is 2.30. The molecule has 0 spiro atoms. The smallest absolute Gasteiger partial charge is 0.416 e. The fourth-order valence-electron chi connectivity index (χ4n) is 3.76. The number of benzene rings is 3. The number of aromatic nitrogens is 2. The molecule has 0 fully saturated rings. The average molecular weight is 616 g/mol. The zero-order valence-electron chi connectivity index (χ0n) is 25.3. The molecular formula is C31H40F3N7O3. The minimum absolute atomic E-state index is 0.182. The molecule has 238 valence electrons. The summed E-state index contributed by atoms with van der Waals surface area (Å²) >= 11 is 0. The van der Waals surface area contributed by atoms with Crippen molar-refractivity contribution in [3.8, 4) is 17.1 Å². The number of ether oxygens (including phenoxy) is 1. The normalized spacial score (nSPS) is 10.2. The van der Waals surface area contributed by atoms with E-state index in [0.29, 0.717) is 29.0 Å². The van der Waals surface area contributed by atoms with E-state index in [9.17, 15) is 22.8 Å². The average Bonchev–Trinajstić information content (AvgIpc) is 3.39. The van der Waals surface area contributed by atoms with E-state index in [0.717, 1.165) is 54.5 Å². The van der Waals surface area contributed by atoms with Crippen LogP contribution < -0.4 is 27.3 Å². The number of fused-ring (bicyclic) bond motifs is 1. The summed E-state index contributed by atoms with van der Waals surface area (Å²) in [6.07, 6.45) is -1.64. The largest absolute Gasteiger partial charge is 0.497 e. The van der Waals surface area contributed by atoms with Gasteiger partial charge in [-0.15, -0.1) is 0 Å². The van der Waals surface area contributed by atoms with Crippen LogP contribution in [-0.2, 0) is 24.1 Å². The van der Waals surface area contributed by atoms with E-state index in [1.165, 1.54) is 13.1 Å². The maximum atomic E-state index is 12.2. The quantitative estimate of drug-likeness (QED) is 0.122. The van der Waals surface area contributed by atoms with Crippen molar-refractivity contribution in [1.82, 2.24) is 14.9 Å². The van der Waals surface area contributed by atoms with Crippen molar-refractivity contribution >= 4 is 29.6 Å². The van der Waals surface area contributed by atoms with Gasteiger partial charge in [-0.25, -0.2) is 4.98 Å². The molecule has 4 aromatic rings. The molecule has 1 heterocycles. The zero-order chi connectivity index (χ0) is 33.1. The molecule has 0 aliphatic carbocycles. The van der Waals surface area contributed by atoms with Gasteiger partial charge in [0.2, 0.25) is 0 Å². The molecule has 4 rings (SSSR count). The van der Waals surface area contributed by atoms with E-state index in [1.807, 2.05) is 35.8 Å². The molecule has 0 radical (unpaired) electrons. The maximum absolute atomic E-state index is 12.2. The molecule has 1 aromatic heterocycles. The number of nitrogens with one attached hydrogen (secondary N) is 1. The minimum atomic E-state index is -4.25. The predicted molar refractivity (Wildman–Crippen MR) is 168 cm³/mol. The number of halogens is 3. The van der Waals surface area contributed by atoms with Crippen molar-refractivity contribution < 1.29 is 27.5 Å². The van der Waals surface area contributed by atoms with E-state index in [-0.39, 0.29) is 12.5 Å². The number of hydrogen-bond donors (Lipinski definition) is 4. The Hall–Kier alpha value is -4.75. The summed E-state index contributed by atoms with van der Waals surface area (Å²) in [4.78, 5) is 30.2. The van der Waals surface area contributed by atoms with Gasteiger partial charge in [0.1, 0.15) is 24.1 Å². The van der Waals surface area contributed by atoms with E-state index in [1.54, 1.807) is 38.4 Å². The number of guanidine groups is 1. The third-order valence-electron chi connectivity index (χ3n) is 5.65. The second-order valence-electron chi connectivity index (χ2n) is 8.85. The molecule has 0 unspecified atom stereocenters. The van der Waals surface area contributed by atoms with Crippen LogP contribution in [0.15, 0.2) is 71.7 Å². The summed E-state index contributed by atoms with van der Waals surface area (Å²) in [7, 11) is 4.80. The Kier molecular flexibility index (Phi) is 16.5. The summed E-state index contributed by atoms with van der Waals surface area (Å²) < 4.78 is 43.6. The number of methoxy groups -OCH3 is 1. The van der Waals surface area contributed by atoms with Crippen LogP contribution in [0.1, 0.15) is 34.8 Å².